The predicted molar refractivity (Wildman–Crippen MR) is 71.4 cm³/mol. The number of ether oxygens (including phenoxy) is 1. The van der Waals surface area contributed by atoms with E-state index in [1.165, 1.54) is 0 Å². The zero-order valence-electron chi connectivity index (χ0n) is 11.1. The van der Waals surface area contributed by atoms with Crippen LogP contribution in [-0.2, 0) is 22.7 Å². The average molecular weight is 264 g/mol. The van der Waals surface area contributed by atoms with Gasteiger partial charge in [-0.25, -0.2) is 0 Å². The van der Waals surface area contributed by atoms with Gasteiger partial charge in [0, 0.05) is 20.2 Å². The second-order valence-corrected chi connectivity index (χ2v) is 4.82. The van der Waals surface area contributed by atoms with Crippen molar-refractivity contribution in [2.75, 3.05) is 13.7 Å². The third-order valence-corrected chi connectivity index (χ3v) is 3.22. The smallest absolute Gasteiger partial charge is 0.237 e. The van der Waals surface area contributed by atoms with E-state index in [0.29, 0.717) is 26.1 Å². The van der Waals surface area contributed by atoms with Gasteiger partial charge in [-0.2, -0.15) is 0 Å². The molecule has 3 N–H and O–H groups in total. The molecule has 1 fully saturated rings. The summed E-state index contributed by atoms with van der Waals surface area (Å²) < 4.78 is 5.04. The molecular formula is C14H20N2O3. The lowest BCUT2D eigenvalue weighted by Crippen LogP contribution is -2.39. The molecule has 0 bridgehead atoms. The van der Waals surface area contributed by atoms with Crippen LogP contribution in [0, 0.1) is 0 Å². The number of nitrogens with one attached hydrogen (secondary N) is 2. The fourth-order valence-corrected chi connectivity index (χ4v) is 2.15. The highest BCUT2D eigenvalue weighted by Gasteiger charge is 2.27. The van der Waals surface area contributed by atoms with Crippen LogP contribution in [0.2, 0.25) is 0 Å². The quantitative estimate of drug-likeness (QED) is 0.709. The zero-order chi connectivity index (χ0) is 13.7. The van der Waals surface area contributed by atoms with Crippen molar-refractivity contribution in [2.24, 2.45) is 0 Å². The normalized spacial score (nSPS) is 22.4. The molecule has 1 saturated heterocycles. The van der Waals surface area contributed by atoms with E-state index in [-0.39, 0.29) is 11.9 Å². The van der Waals surface area contributed by atoms with Crippen molar-refractivity contribution in [3.05, 3.63) is 35.4 Å². The lowest BCUT2D eigenvalue weighted by atomic mass is 10.1. The van der Waals surface area contributed by atoms with Crippen LogP contribution in [0.15, 0.2) is 24.3 Å². The number of methoxy groups -OCH3 is 1. The summed E-state index contributed by atoms with van der Waals surface area (Å²) in [5.41, 5.74) is 2.16. The minimum atomic E-state index is -0.413. The van der Waals surface area contributed by atoms with Crippen molar-refractivity contribution in [3.63, 3.8) is 0 Å². The molecule has 0 aromatic heterocycles. The largest absolute Gasteiger partial charge is 0.392 e. The number of β-amino-alcohol motifs (C(OH)–C–C–N with tert-alkyl or cyclic N) is 1. The van der Waals surface area contributed by atoms with Gasteiger partial charge in [0.25, 0.3) is 0 Å². The van der Waals surface area contributed by atoms with E-state index in [1.807, 2.05) is 24.3 Å². The molecule has 1 aromatic carbocycles. The van der Waals surface area contributed by atoms with E-state index < -0.39 is 6.10 Å². The first kappa shape index (κ1) is 14.0. The summed E-state index contributed by atoms with van der Waals surface area (Å²) in [7, 11) is 1.66. The highest BCUT2D eigenvalue weighted by atomic mass is 16.5. The highest BCUT2D eigenvalue weighted by molar-refractivity contribution is 5.82. The lowest BCUT2D eigenvalue weighted by molar-refractivity contribution is -0.123. The molecule has 0 aliphatic carbocycles. The number of hydrogen-bond acceptors (Lipinski definition) is 4. The Kier molecular flexibility index (Phi) is 4.90. The molecule has 5 heteroatoms. The van der Waals surface area contributed by atoms with Crippen LogP contribution in [0.4, 0.5) is 0 Å². The summed E-state index contributed by atoms with van der Waals surface area (Å²) in [6.07, 6.45) is 0.0718. The molecule has 0 saturated carbocycles. The highest BCUT2D eigenvalue weighted by Crippen LogP contribution is 2.08. The van der Waals surface area contributed by atoms with Gasteiger partial charge in [0.15, 0.2) is 0 Å². The first-order valence-corrected chi connectivity index (χ1v) is 6.45. The molecule has 2 atom stereocenters. The number of aliphatic hydroxyl groups excluding tert-OH is 1. The molecule has 1 aromatic rings. The minimum absolute atomic E-state index is 0.0579. The Labute approximate surface area is 113 Å². The van der Waals surface area contributed by atoms with Crippen molar-refractivity contribution in [1.82, 2.24) is 10.6 Å². The van der Waals surface area contributed by atoms with Crippen molar-refractivity contribution in [1.29, 1.82) is 0 Å². The predicted octanol–water partition coefficient (Wildman–Crippen LogP) is 0.172. The topological polar surface area (TPSA) is 70.6 Å². The number of rotatable bonds is 5. The first-order chi connectivity index (χ1) is 9.19. The Hall–Kier alpha value is -1.43. The average Bonchev–Trinajstić information content (AvgIpc) is 2.85. The molecule has 1 aliphatic rings. The minimum Gasteiger partial charge on any atom is -0.392 e. The van der Waals surface area contributed by atoms with Gasteiger partial charge in [0.2, 0.25) is 5.91 Å². The molecule has 1 heterocycles. The Morgan fingerprint density at radius 2 is 2.11 bits per heavy atom. The third kappa shape index (κ3) is 4.02. The Balaban J connectivity index is 1.80. The molecule has 5 nitrogen and oxygen atoms in total. The molecule has 2 rings (SSSR count). The lowest BCUT2D eigenvalue weighted by Gasteiger charge is -2.11. The Morgan fingerprint density at radius 1 is 1.42 bits per heavy atom. The van der Waals surface area contributed by atoms with Gasteiger partial charge >= 0.3 is 0 Å². The summed E-state index contributed by atoms with van der Waals surface area (Å²) in [6, 6.07) is 7.66. The molecule has 19 heavy (non-hydrogen) atoms. The standard InChI is InChI=1S/C14H20N2O3/c1-19-9-11-4-2-10(3-5-11)7-16-14(18)13-6-12(17)8-15-13/h2-5,12-13,15,17H,6-9H2,1H3,(H,16,18)/t12-,13-/m1/s1. The van der Waals surface area contributed by atoms with E-state index in [1.54, 1.807) is 7.11 Å². The molecule has 1 amide bonds. The maximum Gasteiger partial charge on any atom is 0.237 e. The second-order valence-electron chi connectivity index (χ2n) is 4.82. The number of amides is 1. The van der Waals surface area contributed by atoms with E-state index in [2.05, 4.69) is 10.6 Å². The first-order valence-electron chi connectivity index (χ1n) is 6.45. The number of carbonyl (C=O) groups excluding carboxylic acids is 1. The van der Waals surface area contributed by atoms with Gasteiger partial charge in [0.1, 0.15) is 0 Å². The molecule has 0 spiro atoms. The van der Waals surface area contributed by atoms with Gasteiger partial charge in [0.05, 0.1) is 18.8 Å². The van der Waals surface area contributed by atoms with Crippen molar-refractivity contribution >= 4 is 5.91 Å². The Morgan fingerprint density at radius 3 is 2.68 bits per heavy atom. The van der Waals surface area contributed by atoms with Gasteiger partial charge in [-0.05, 0) is 17.5 Å². The van der Waals surface area contributed by atoms with Gasteiger partial charge in [-0.3, -0.25) is 4.79 Å². The van der Waals surface area contributed by atoms with Crippen LogP contribution in [-0.4, -0.2) is 36.8 Å². The van der Waals surface area contributed by atoms with Gasteiger partial charge < -0.3 is 20.5 Å². The summed E-state index contributed by atoms with van der Waals surface area (Å²) in [6.45, 7) is 1.58. The molecule has 104 valence electrons. The van der Waals surface area contributed by atoms with Gasteiger partial charge in [-0.1, -0.05) is 24.3 Å². The summed E-state index contributed by atoms with van der Waals surface area (Å²) in [4.78, 5) is 11.8. The van der Waals surface area contributed by atoms with Crippen LogP contribution < -0.4 is 10.6 Å². The molecule has 0 unspecified atom stereocenters. The van der Waals surface area contributed by atoms with Crippen molar-refractivity contribution in [3.8, 4) is 0 Å². The molecule has 0 radical (unpaired) electrons. The molecule has 1 aliphatic heterocycles. The van der Waals surface area contributed by atoms with Crippen molar-refractivity contribution < 1.29 is 14.6 Å². The van der Waals surface area contributed by atoms with Crippen LogP contribution >= 0.6 is 0 Å². The van der Waals surface area contributed by atoms with Crippen LogP contribution in [0.25, 0.3) is 0 Å². The second kappa shape index (κ2) is 6.65. The monoisotopic (exact) mass is 264 g/mol. The van der Waals surface area contributed by atoms with Crippen LogP contribution in [0.3, 0.4) is 0 Å². The number of aliphatic hydroxyl groups is 1. The molecular weight excluding hydrogens is 244 g/mol. The maximum atomic E-state index is 11.8. The van der Waals surface area contributed by atoms with Crippen molar-refractivity contribution in [2.45, 2.75) is 31.7 Å². The summed E-state index contributed by atoms with van der Waals surface area (Å²) in [5.74, 6) is -0.0579. The third-order valence-electron chi connectivity index (χ3n) is 3.22. The fraction of sp³-hybridized carbons (Fsp3) is 0.500. The zero-order valence-corrected chi connectivity index (χ0v) is 11.1. The number of benzene rings is 1. The van der Waals surface area contributed by atoms with Gasteiger partial charge in [-0.15, -0.1) is 0 Å². The fourth-order valence-electron chi connectivity index (χ4n) is 2.15. The number of hydrogen-bond donors (Lipinski definition) is 3. The number of carbonyl (C=O) groups is 1. The Bertz CT molecular complexity index is 419. The SMILES string of the molecule is COCc1ccc(CNC(=O)[C@H]2C[C@@H](O)CN2)cc1. The van der Waals surface area contributed by atoms with E-state index in [9.17, 15) is 9.90 Å². The van der Waals surface area contributed by atoms with E-state index >= 15 is 0 Å². The van der Waals surface area contributed by atoms with Crippen LogP contribution in [0.1, 0.15) is 17.5 Å². The summed E-state index contributed by atoms with van der Waals surface area (Å²) in [5, 5.41) is 15.2. The van der Waals surface area contributed by atoms with Crippen LogP contribution in [0.5, 0.6) is 0 Å². The van der Waals surface area contributed by atoms with E-state index in [4.69, 9.17) is 4.74 Å². The van der Waals surface area contributed by atoms with E-state index in [0.717, 1.165) is 11.1 Å². The summed E-state index contributed by atoms with van der Waals surface area (Å²) >= 11 is 0. The maximum absolute atomic E-state index is 11.8.